The molecule has 2 N–H and O–H groups in total. The number of piperazine rings is 1. The molecular formula is C19H24FN5O. The summed E-state index contributed by atoms with van der Waals surface area (Å²) in [5, 5.41) is 10.7. The average molecular weight is 357 g/mol. The number of rotatable bonds is 3. The van der Waals surface area contributed by atoms with Gasteiger partial charge in [-0.2, -0.15) is 5.10 Å². The number of H-pyrrole nitrogens is 1. The summed E-state index contributed by atoms with van der Waals surface area (Å²) in [6.07, 6.45) is 2.64. The first kappa shape index (κ1) is 17.2. The summed E-state index contributed by atoms with van der Waals surface area (Å²) in [5.41, 5.74) is 3.44. The number of hydrogen-bond donors (Lipinski definition) is 2. The Hall–Kier alpha value is -2.25. The molecule has 1 aromatic carbocycles. The number of halogens is 1. The Kier molecular flexibility index (Phi) is 4.50. The average Bonchev–Trinajstić information content (AvgIpc) is 3.06. The fourth-order valence-corrected chi connectivity index (χ4v) is 3.95. The van der Waals surface area contributed by atoms with E-state index in [0.717, 1.165) is 31.7 Å². The van der Waals surface area contributed by atoms with E-state index in [1.807, 2.05) is 12.3 Å². The number of hydrogen-bond acceptors (Lipinski definition) is 4. The molecule has 0 spiro atoms. The van der Waals surface area contributed by atoms with Gasteiger partial charge in [-0.15, -0.1) is 0 Å². The van der Waals surface area contributed by atoms with E-state index in [1.54, 1.807) is 18.0 Å². The number of nitrogens with one attached hydrogen (secondary N) is 2. The number of nitrogens with zero attached hydrogens (tertiary/aromatic N) is 3. The molecule has 0 aliphatic carbocycles. The van der Waals surface area contributed by atoms with Crippen molar-refractivity contribution >= 4 is 11.6 Å². The molecule has 0 radical (unpaired) electrons. The van der Waals surface area contributed by atoms with E-state index in [-0.39, 0.29) is 11.7 Å². The molecule has 2 aliphatic heterocycles. The Morgan fingerprint density at radius 2 is 2.19 bits per heavy atom. The second-order valence-corrected chi connectivity index (χ2v) is 7.23. The second kappa shape index (κ2) is 6.81. The van der Waals surface area contributed by atoms with E-state index in [9.17, 15) is 4.79 Å². The monoisotopic (exact) mass is 357 g/mol. The van der Waals surface area contributed by atoms with E-state index in [2.05, 4.69) is 27.3 Å². The van der Waals surface area contributed by atoms with Crippen LogP contribution in [0.4, 0.5) is 10.1 Å². The van der Waals surface area contributed by atoms with Crippen LogP contribution in [-0.4, -0.2) is 53.7 Å². The summed E-state index contributed by atoms with van der Waals surface area (Å²) in [7, 11) is 1.70. The zero-order valence-electron chi connectivity index (χ0n) is 15.2. The van der Waals surface area contributed by atoms with Gasteiger partial charge in [-0.25, -0.2) is 4.39 Å². The van der Waals surface area contributed by atoms with Gasteiger partial charge in [0, 0.05) is 74.3 Å². The van der Waals surface area contributed by atoms with Crippen LogP contribution >= 0.6 is 0 Å². The summed E-state index contributed by atoms with van der Waals surface area (Å²) < 4.78 is 15.2. The lowest BCUT2D eigenvalue weighted by Gasteiger charge is -2.31. The fraction of sp³-hybridized carbons (Fsp3) is 0.474. The molecule has 0 bridgehead atoms. The van der Waals surface area contributed by atoms with E-state index < -0.39 is 0 Å². The van der Waals surface area contributed by atoms with Crippen LogP contribution in [0, 0.1) is 5.82 Å². The van der Waals surface area contributed by atoms with Crippen molar-refractivity contribution in [2.45, 2.75) is 32.4 Å². The maximum Gasteiger partial charge on any atom is 0.227 e. The first-order valence-corrected chi connectivity index (χ1v) is 9.11. The number of fused-ring (bicyclic) bond motifs is 1. The van der Waals surface area contributed by atoms with Crippen LogP contribution < -0.4 is 10.2 Å². The minimum absolute atomic E-state index is 0.0259. The SMILES string of the molecule is C[C@@H]1CN(Cc2c[nH]nc2-c2ccc3c(c2F)CCC(=O)N3C)CCN1. The Labute approximate surface area is 152 Å². The molecule has 3 heterocycles. The molecule has 7 heteroatoms. The lowest BCUT2D eigenvalue weighted by Crippen LogP contribution is -2.48. The van der Waals surface area contributed by atoms with Crippen molar-refractivity contribution in [1.82, 2.24) is 20.4 Å². The fourth-order valence-electron chi connectivity index (χ4n) is 3.95. The molecule has 1 saturated heterocycles. The van der Waals surface area contributed by atoms with E-state index >= 15 is 4.39 Å². The van der Waals surface area contributed by atoms with E-state index in [0.29, 0.717) is 41.4 Å². The Balaban J connectivity index is 1.65. The van der Waals surface area contributed by atoms with Gasteiger partial charge < -0.3 is 10.2 Å². The van der Waals surface area contributed by atoms with E-state index in [1.165, 1.54) is 0 Å². The topological polar surface area (TPSA) is 64.3 Å². The smallest absolute Gasteiger partial charge is 0.227 e. The van der Waals surface area contributed by atoms with Crippen LogP contribution in [-0.2, 0) is 17.8 Å². The summed E-state index contributed by atoms with van der Waals surface area (Å²) >= 11 is 0. The maximum absolute atomic E-state index is 15.2. The summed E-state index contributed by atoms with van der Waals surface area (Å²) in [5.74, 6) is -0.234. The minimum Gasteiger partial charge on any atom is -0.315 e. The van der Waals surface area contributed by atoms with Gasteiger partial charge in [-0.05, 0) is 25.5 Å². The van der Waals surface area contributed by atoms with E-state index in [4.69, 9.17) is 0 Å². The van der Waals surface area contributed by atoms with Gasteiger partial charge in [0.05, 0.1) is 5.69 Å². The van der Waals surface area contributed by atoms with Crippen molar-refractivity contribution in [2.75, 3.05) is 31.6 Å². The lowest BCUT2D eigenvalue weighted by molar-refractivity contribution is -0.118. The van der Waals surface area contributed by atoms with Crippen LogP contribution in [0.1, 0.15) is 24.5 Å². The molecule has 0 unspecified atom stereocenters. The Morgan fingerprint density at radius 1 is 1.35 bits per heavy atom. The molecule has 1 amide bonds. The second-order valence-electron chi connectivity index (χ2n) is 7.23. The number of carbonyl (C=O) groups excluding carboxylic acids is 1. The van der Waals surface area contributed by atoms with Gasteiger partial charge in [-0.1, -0.05) is 0 Å². The molecule has 0 saturated carbocycles. The number of amides is 1. The van der Waals surface area contributed by atoms with Crippen molar-refractivity contribution in [2.24, 2.45) is 0 Å². The number of carbonyl (C=O) groups is 1. The Morgan fingerprint density at radius 3 is 3.00 bits per heavy atom. The molecule has 1 atom stereocenters. The predicted molar refractivity (Wildman–Crippen MR) is 98.5 cm³/mol. The van der Waals surface area contributed by atoms with Crippen LogP contribution in [0.3, 0.4) is 0 Å². The highest BCUT2D eigenvalue weighted by molar-refractivity contribution is 5.96. The molecule has 6 nitrogen and oxygen atoms in total. The minimum atomic E-state index is -0.260. The first-order chi connectivity index (χ1) is 12.5. The van der Waals surface area contributed by atoms with Crippen molar-refractivity contribution in [3.05, 3.63) is 35.3 Å². The van der Waals surface area contributed by atoms with Gasteiger partial charge in [0.2, 0.25) is 5.91 Å². The van der Waals surface area contributed by atoms with Crippen LogP contribution in [0.5, 0.6) is 0 Å². The maximum atomic E-state index is 15.2. The highest BCUT2D eigenvalue weighted by Gasteiger charge is 2.27. The predicted octanol–water partition coefficient (Wildman–Crippen LogP) is 1.92. The highest BCUT2D eigenvalue weighted by atomic mass is 19.1. The number of anilines is 1. The molecule has 138 valence electrons. The van der Waals surface area contributed by atoms with Gasteiger partial charge in [-0.3, -0.25) is 14.8 Å². The zero-order chi connectivity index (χ0) is 18.3. The number of aromatic amines is 1. The van der Waals surface area contributed by atoms with Crippen molar-refractivity contribution < 1.29 is 9.18 Å². The van der Waals surface area contributed by atoms with Gasteiger partial charge >= 0.3 is 0 Å². The van der Waals surface area contributed by atoms with Crippen LogP contribution in [0.25, 0.3) is 11.3 Å². The number of aromatic nitrogens is 2. The third kappa shape index (κ3) is 3.01. The van der Waals surface area contributed by atoms with Gasteiger partial charge in [0.25, 0.3) is 0 Å². The van der Waals surface area contributed by atoms with Gasteiger partial charge in [0.1, 0.15) is 5.82 Å². The highest BCUT2D eigenvalue weighted by Crippen LogP contribution is 2.35. The molecular weight excluding hydrogens is 333 g/mol. The zero-order valence-corrected chi connectivity index (χ0v) is 15.2. The largest absolute Gasteiger partial charge is 0.315 e. The summed E-state index contributed by atoms with van der Waals surface area (Å²) in [6, 6.07) is 4.02. The molecule has 26 heavy (non-hydrogen) atoms. The third-order valence-electron chi connectivity index (χ3n) is 5.36. The van der Waals surface area contributed by atoms with Crippen molar-refractivity contribution in [3.8, 4) is 11.3 Å². The third-order valence-corrected chi connectivity index (χ3v) is 5.36. The number of benzene rings is 1. The normalized spacial score (nSPS) is 21.1. The molecule has 2 aliphatic rings. The van der Waals surface area contributed by atoms with Gasteiger partial charge in [0.15, 0.2) is 0 Å². The molecule has 4 rings (SSSR count). The molecule has 2 aromatic rings. The summed E-state index contributed by atoms with van der Waals surface area (Å²) in [6.45, 7) is 5.80. The summed E-state index contributed by atoms with van der Waals surface area (Å²) in [4.78, 5) is 15.8. The van der Waals surface area contributed by atoms with Crippen LogP contribution in [0.15, 0.2) is 18.3 Å². The van der Waals surface area contributed by atoms with Crippen molar-refractivity contribution in [1.29, 1.82) is 0 Å². The molecule has 1 aromatic heterocycles. The van der Waals surface area contributed by atoms with Crippen molar-refractivity contribution in [3.63, 3.8) is 0 Å². The first-order valence-electron chi connectivity index (χ1n) is 9.11. The molecule has 1 fully saturated rings. The standard InChI is InChI=1S/C19H24FN5O/c1-12-10-25(8-7-21-12)11-13-9-22-23-19(13)15-3-5-16-14(18(15)20)4-6-17(26)24(16)2/h3,5,9,12,21H,4,6-8,10-11H2,1-2H3,(H,22,23)/t12-/m1/s1. The quantitative estimate of drug-likeness (QED) is 0.881. The Bertz CT molecular complexity index is 833. The lowest BCUT2D eigenvalue weighted by atomic mass is 9.96. The van der Waals surface area contributed by atoms with Crippen LogP contribution in [0.2, 0.25) is 0 Å².